The third kappa shape index (κ3) is 3.05. The summed E-state index contributed by atoms with van der Waals surface area (Å²) in [5.41, 5.74) is 1.52. The van der Waals surface area contributed by atoms with Gasteiger partial charge in [0.1, 0.15) is 0 Å². The predicted molar refractivity (Wildman–Crippen MR) is 79.8 cm³/mol. The second-order valence-corrected chi connectivity index (χ2v) is 5.58. The molecule has 20 heavy (non-hydrogen) atoms. The fraction of sp³-hybridized carbons (Fsp3) is 0.200. The number of nitrogens with one attached hydrogen (secondary N) is 1. The average Bonchev–Trinajstić information content (AvgIpc) is 2.89. The summed E-state index contributed by atoms with van der Waals surface area (Å²) in [6.07, 6.45) is 0.894. The lowest BCUT2D eigenvalue weighted by Gasteiger charge is -2.08. The number of carbonyl (C=O) groups excluding carboxylic acids is 1. The fourth-order valence-corrected chi connectivity index (χ4v) is 2.61. The highest BCUT2D eigenvalue weighted by atomic mass is 32.1. The molecule has 0 aliphatic heterocycles. The van der Waals surface area contributed by atoms with Crippen molar-refractivity contribution in [2.75, 3.05) is 5.32 Å². The predicted octanol–water partition coefficient (Wildman–Crippen LogP) is 3.57. The van der Waals surface area contributed by atoms with Crippen LogP contribution in [0.25, 0.3) is 0 Å². The second-order valence-electron chi connectivity index (χ2n) is 4.41. The lowest BCUT2D eigenvalue weighted by atomic mass is 10.1. The Kier molecular flexibility index (Phi) is 4.20. The van der Waals surface area contributed by atoms with Gasteiger partial charge in [0.2, 0.25) is 0 Å². The average molecular weight is 289 g/mol. The zero-order valence-corrected chi connectivity index (χ0v) is 12.1. The van der Waals surface area contributed by atoms with E-state index in [1.54, 1.807) is 12.1 Å². The molecule has 0 atom stereocenters. The standard InChI is InChI=1S/C15H15NO3S/c1-3-11-6-7-13(20-11)14(17)16-12-8-10(15(18)19)5-4-9(12)2/h4-8H,3H2,1-2H3,(H,16,17)(H,18,19). The Morgan fingerprint density at radius 3 is 2.60 bits per heavy atom. The number of hydrogen-bond donors (Lipinski definition) is 2. The molecule has 2 rings (SSSR count). The van der Waals surface area contributed by atoms with Crippen LogP contribution in [0.15, 0.2) is 30.3 Å². The molecule has 5 heteroatoms. The first-order chi connectivity index (χ1) is 9.51. The van der Waals surface area contributed by atoms with Crippen LogP contribution in [0.3, 0.4) is 0 Å². The smallest absolute Gasteiger partial charge is 0.335 e. The number of carbonyl (C=O) groups is 2. The van der Waals surface area contributed by atoms with Gasteiger partial charge < -0.3 is 10.4 Å². The number of hydrogen-bond acceptors (Lipinski definition) is 3. The van der Waals surface area contributed by atoms with Crippen molar-refractivity contribution >= 4 is 28.9 Å². The Morgan fingerprint density at radius 1 is 1.25 bits per heavy atom. The highest BCUT2D eigenvalue weighted by Gasteiger charge is 2.12. The van der Waals surface area contributed by atoms with Crippen molar-refractivity contribution < 1.29 is 14.7 Å². The molecule has 0 radical (unpaired) electrons. The summed E-state index contributed by atoms with van der Waals surface area (Å²) in [6.45, 7) is 3.86. The van der Waals surface area contributed by atoms with Crippen LogP contribution >= 0.6 is 11.3 Å². The van der Waals surface area contributed by atoms with Gasteiger partial charge in [-0.05, 0) is 43.2 Å². The lowest BCUT2D eigenvalue weighted by Crippen LogP contribution is -2.12. The van der Waals surface area contributed by atoms with E-state index in [9.17, 15) is 9.59 Å². The summed E-state index contributed by atoms with van der Waals surface area (Å²) < 4.78 is 0. The van der Waals surface area contributed by atoms with E-state index in [2.05, 4.69) is 5.32 Å². The Bertz CT molecular complexity index is 661. The topological polar surface area (TPSA) is 66.4 Å². The van der Waals surface area contributed by atoms with Crippen molar-refractivity contribution in [2.24, 2.45) is 0 Å². The van der Waals surface area contributed by atoms with Crippen LogP contribution in [0, 0.1) is 6.92 Å². The number of anilines is 1. The monoisotopic (exact) mass is 289 g/mol. The zero-order valence-electron chi connectivity index (χ0n) is 11.3. The third-order valence-electron chi connectivity index (χ3n) is 2.97. The van der Waals surface area contributed by atoms with Gasteiger partial charge >= 0.3 is 5.97 Å². The number of carboxylic acid groups (broad SMARTS) is 1. The van der Waals surface area contributed by atoms with Gasteiger partial charge in [0.15, 0.2) is 0 Å². The van der Waals surface area contributed by atoms with E-state index >= 15 is 0 Å². The van der Waals surface area contributed by atoms with E-state index in [4.69, 9.17) is 5.11 Å². The van der Waals surface area contributed by atoms with Crippen molar-refractivity contribution in [1.82, 2.24) is 0 Å². The van der Waals surface area contributed by atoms with Crippen LogP contribution < -0.4 is 5.32 Å². The Labute approximate surface area is 121 Å². The molecule has 0 unspecified atom stereocenters. The first-order valence-corrected chi connectivity index (χ1v) is 7.07. The fourth-order valence-electron chi connectivity index (χ4n) is 1.76. The Hall–Kier alpha value is -2.14. The van der Waals surface area contributed by atoms with E-state index in [-0.39, 0.29) is 11.5 Å². The molecule has 2 N–H and O–H groups in total. The maximum atomic E-state index is 12.1. The summed E-state index contributed by atoms with van der Waals surface area (Å²) in [4.78, 5) is 24.9. The molecule has 0 saturated carbocycles. The number of amides is 1. The van der Waals surface area contributed by atoms with Crippen LogP contribution in [0.2, 0.25) is 0 Å². The lowest BCUT2D eigenvalue weighted by molar-refractivity contribution is 0.0696. The SMILES string of the molecule is CCc1ccc(C(=O)Nc2cc(C(=O)O)ccc2C)s1. The van der Waals surface area contributed by atoms with Crippen LogP contribution in [0.1, 0.15) is 37.4 Å². The summed E-state index contributed by atoms with van der Waals surface area (Å²) in [6, 6.07) is 8.40. The molecule has 104 valence electrons. The molecular formula is C15H15NO3S. The quantitative estimate of drug-likeness (QED) is 0.904. The summed E-state index contributed by atoms with van der Waals surface area (Å²) in [5, 5.41) is 11.7. The summed E-state index contributed by atoms with van der Waals surface area (Å²) >= 11 is 1.45. The molecule has 1 aromatic heterocycles. The number of carboxylic acids is 1. The third-order valence-corrected chi connectivity index (χ3v) is 4.19. The highest BCUT2D eigenvalue weighted by Crippen LogP contribution is 2.21. The number of aryl methyl sites for hydroxylation is 2. The van der Waals surface area contributed by atoms with Gasteiger partial charge in [-0.15, -0.1) is 11.3 Å². The van der Waals surface area contributed by atoms with E-state index in [1.807, 2.05) is 19.9 Å². The van der Waals surface area contributed by atoms with Gasteiger partial charge in [0.25, 0.3) is 5.91 Å². The minimum Gasteiger partial charge on any atom is -0.478 e. The number of aromatic carboxylic acids is 1. The summed E-state index contributed by atoms with van der Waals surface area (Å²) in [7, 11) is 0. The van der Waals surface area contributed by atoms with Crippen molar-refractivity contribution in [1.29, 1.82) is 0 Å². The van der Waals surface area contributed by atoms with Crippen molar-refractivity contribution in [3.8, 4) is 0 Å². The molecule has 0 bridgehead atoms. The molecule has 0 saturated heterocycles. The van der Waals surface area contributed by atoms with Crippen LogP contribution in [-0.2, 0) is 6.42 Å². The minimum absolute atomic E-state index is 0.159. The Morgan fingerprint density at radius 2 is 2.00 bits per heavy atom. The van der Waals surface area contributed by atoms with Crippen molar-refractivity contribution in [3.63, 3.8) is 0 Å². The highest BCUT2D eigenvalue weighted by molar-refractivity contribution is 7.14. The van der Waals surface area contributed by atoms with Gasteiger partial charge in [0.05, 0.1) is 10.4 Å². The van der Waals surface area contributed by atoms with Gasteiger partial charge in [-0.25, -0.2) is 4.79 Å². The van der Waals surface area contributed by atoms with Crippen LogP contribution in [0.5, 0.6) is 0 Å². The van der Waals surface area contributed by atoms with Crippen molar-refractivity contribution in [2.45, 2.75) is 20.3 Å². The molecule has 0 spiro atoms. The van der Waals surface area contributed by atoms with E-state index in [1.165, 1.54) is 23.5 Å². The summed E-state index contributed by atoms with van der Waals surface area (Å²) in [5.74, 6) is -1.22. The molecule has 1 aromatic carbocycles. The molecule has 0 fully saturated rings. The van der Waals surface area contributed by atoms with Gasteiger partial charge in [-0.2, -0.15) is 0 Å². The molecular weight excluding hydrogens is 274 g/mol. The van der Waals surface area contributed by atoms with Gasteiger partial charge in [-0.1, -0.05) is 13.0 Å². The van der Waals surface area contributed by atoms with Crippen LogP contribution in [-0.4, -0.2) is 17.0 Å². The largest absolute Gasteiger partial charge is 0.478 e. The zero-order chi connectivity index (χ0) is 14.7. The molecule has 1 amide bonds. The van der Waals surface area contributed by atoms with Crippen LogP contribution in [0.4, 0.5) is 5.69 Å². The molecule has 0 aliphatic carbocycles. The Balaban J connectivity index is 2.22. The van der Waals surface area contributed by atoms with Gasteiger partial charge in [0, 0.05) is 10.6 Å². The van der Waals surface area contributed by atoms with E-state index in [0.29, 0.717) is 10.6 Å². The second kappa shape index (κ2) is 5.88. The molecule has 0 aliphatic rings. The van der Waals surface area contributed by atoms with E-state index < -0.39 is 5.97 Å². The molecule has 4 nitrogen and oxygen atoms in total. The molecule has 1 heterocycles. The van der Waals surface area contributed by atoms with E-state index in [0.717, 1.165) is 16.9 Å². The number of benzene rings is 1. The first kappa shape index (κ1) is 14.3. The minimum atomic E-state index is -1.01. The normalized spacial score (nSPS) is 10.3. The molecule has 2 aromatic rings. The first-order valence-electron chi connectivity index (χ1n) is 6.25. The maximum Gasteiger partial charge on any atom is 0.335 e. The van der Waals surface area contributed by atoms with Gasteiger partial charge in [-0.3, -0.25) is 4.79 Å². The number of thiophene rings is 1. The van der Waals surface area contributed by atoms with Crippen molar-refractivity contribution in [3.05, 3.63) is 51.2 Å². The maximum absolute atomic E-state index is 12.1. The number of rotatable bonds is 4.